The fourth-order valence-electron chi connectivity index (χ4n) is 4.08. The minimum absolute atomic E-state index is 0.128. The number of alkyl halides is 3. The van der Waals surface area contributed by atoms with Crippen LogP contribution < -0.4 is 15.0 Å². The number of nitrogens with zero attached hydrogens (tertiary/aromatic N) is 1. The second-order valence-corrected chi connectivity index (χ2v) is 10.3. The summed E-state index contributed by atoms with van der Waals surface area (Å²) in [5, 5.41) is 0.224. The van der Waals surface area contributed by atoms with Crippen molar-refractivity contribution >= 4 is 17.6 Å². The van der Waals surface area contributed by atoms with Gasteiger partial charge in [0.15, 0.2) is 6.61 Å². The van der Waals surface area contributed by atoms with Crippen LogP contribution in [-0.4, -0.2) is 48.7 Å². The number of carbonyl (C=O) groups is 1. The number of halogens is 4. The molecule has 1 aromatic carbocycles. The van der Waals surface area contributed by atoms with E-state index in [1.165, 1.54) is 42.1 Å². The lowest BCUT2D eigenvalue weighted by Crippen LogP contribution is -2.37. The lowest BCUT2D eigenvalue weighted by atomic mass is 10.0. The van der Waals surface area contributed by atoms with E-state index in [2.05, 4.69) is 0 Å². The summed E-state index contributed by atoms with van der Waals surface area (Å²) in [6.07, 6.45) is -0.623. The number of methoxy groups -OCH3 is 1. The van der Waals surface area contributed by atoms with Crippen LogP contribution in [0.1, 0.15) is 52.5 Å². The quantitative estimate of drug-likeness (QED) is 0.381. The summed E-state index contributed by atoms with van der Waals surface area (Å²) in [6, 6.07) is 4.24. The van der Waals surface area contributed by atoms with Gasteiger partial charge in [-0.2, -0.15) is 13.2 Å². The molecule has 1 unspecified atom stereocenters. The van der Waals surface area contributed by atoms with Crippen molar-refractivity contribution in [3.8, 4) is 22.6 Å². The van der Waals surface area contributed by atoms with Gasteiger partial charge in [0, 0.05) is 35.2 Å². The van der Waals surface area contributed by atoms with Crippen LogP contribution >= 0.6 is 11.6 Å². The molecule has 1 aliphatic heterocycles. The number of carbonyl (C=O) groups excluding carboxylic acids is 1. The molecular formula is C26H31ClF3NO6. The van der Waals surface area contributed by atoms with Crippen LogP contribution in [0.5, 0.6) is 11.5 Å². The van der Waals surface area contributed by atoms with E-state index in [1.807, 2.05) is 0 Å². The average Bonchev–Trinajstić information content (AvgIpc) is 2.80. The van der Waals surface area contributed by atoms with Crippen molar-refractivity contribution in [2.45, 2.75) is 70.4 Å². The second kappa shape index (κ2) is 11.8. The first-order valence-corrected chi connectivity index (χ1v) is 12.3. The molecule has 2 atom stereocenters. The SMILES string of the molecule is COc1cn(C(C[C@@H]2CCCCO2)C(=O)OC(C)(C)C)c(=O)cc1-c1cc(Cl)ccc1OCC(F)(F)F. The predicted octanol–water partition coefficient (Wildman–Crippen LogP) is 5.96. The van der Waals surface area contributed by atoms with Crippen molar-refractivity contribution < 1.29 is 36.9 Å². The van der Waals surface area contributed by atoms with Crippen LogP contribution in [0, 0.1) is 0 Å². The van der Waals surface area contributed by atoms with Crippen molar-refractivity contribution in [3.05, 3.63) is 45.8 Å². The van der Waals surface area contributed by atoms with Gasteiger partial charge in [0.25, 0.3) is 5.56 Å². The van der Waals surface area contributed by atoms with E-state index < -0.39 is 36.0 Å². The Labute approximate surface area is 218 Å². The number of hydrogen-bond acceptors (Lipinski definition) is 6. The fraction of sp³-hybridized carbons (Fsp3) is 0.538. The summed E-state index contributed by atoms with van der Waals surface area (Å²) in [7, 11) is 1.35. The lowest BCUT2D eigenvalue weighted by Gasteiger charge is -2.30. The van der Waals surface area contributed by atoms with Gasteiger partial charge < -0.3 is 18.9 Å². The van der Waals surface area contributed by atoms with Crippen LogP contribution in [0.2, 0.25) is 5.02 Å². The molecule has 0 amide bonds. The number of ether oxygens (including phenoxy) is 4. The van der Waals surface area contributed by atoms with Crippen molar-refractivity contribution in [1.82, 2.24) is 4.57 Å². The number of esters is 1. The summed E-state index contributed by atoms with van der Waals surface area (Å²) in [6.45, 7) is 4.23. The van der Waals surface area contributed by atoms with Crippen LogP contribution in [0.15, 0.2) is 35.3 Å². The van der Waals surface area contributed by atoms with Gasteiger partial charge in [0.1, 0.15) is 23.1 Å². The Hall–Kier alpha value is -2.72. The molecule has 2 aromatic rings. The largest absolute Gasteiger partial charge is 0.495 e. The highest BCUT2D eigenvalue weighted by Crippen LogP contribution is 2.38. The number of benzene rings is 1. The van der Waals surface area contributed by atoms with Gasteiger partial charge >= 0.3 is 12.1 Å². The zero-order chi connectivity index (χ0) is 27.4. The molecule has 1 aliphatic rings. The number of pyridine rings is 1. The number of aromatic nitrogens is 1. The smallest absolute Gasteiger partial charge is 0.422 e. The first-order valence-electron chi connectivity index (χ1n) is 11.9. The highest BCUT2D eigenvalue weighted by atomic mass is 35.5. The maximum absolute atomic E-state index is 13.4. The Morgan fingerprint density at radius 3 is 2.46 bits per heavy atom. The van der Waals surface area contributed by atoms with Crippen molar-refractivity contribution in [2.75, 3.05) is 20.3 Å². The van der Waals surface area contributed by atoms with Crippen LogP contribution in [0.25, 0.3) is 11.1 Å². The molecule has 7 nitrogen and oxygen atoms in total. The first kappa shape index (κ1) is 28.8. The second-order valence-electron chi connectivity index (χ2n) is 9.82. The molecule has 0 aliphatic carbocycles. The molecule has 1 fully saturated rings. The summed E-state index contributed by atoms with van der Waals surface area (Å²) in [4.78, 5) is 26.5. The Morgan fingerprint density at radius 2 is 1.86 bits per heavy atom. The van der Waals surface area contributed by atoms with Gasteiger partial charge in [-0.1, -0.05) is 11.6 Å². The molecule has 0 saturated carbocycles. The average molecular weight is 546 g/mol. The van der Waals surface area contributed by atoms with Crippen molar-refractivity contribution in [2.24, 2.45) is 0 Å². The Balaban J connectivity index is 2.07. The molecular weight excluding hydrogens is 515 g/mol. The summed E-state index contributed by atoms with van der Waals surface area (Å²) < 4.78 is 61.5. The van der Waals surface area contributed by atoms with E-state index in [0.29, 0.717) is 6.61 Å². The molecule has 11 heteroatoms. The molecule has 37 heavy (non-hydrogen) atoms. The zero-order valence-corrected chi connectivity index (χ0v) is 21.9. The Bertz CT molecular complexity index is 1150. The van der Waals surface area contributed by atoms with Gasteiger partial charge in [-0.05, 0) is 58.2 Å². The van der Waals surface area contributed by atoms with E-state index in [0.717, 1.165) is 19.3 Å². The third-order valence-corrected chi connectivity index (χ3v) is 5.90. The maximum Gasteiger partial charge on any atom is 0.422 e. The fourth-order valence-corrected chi connectivity index (χ4v) is 4.25. The van der Waals surface area contributed by atoms with Gasteiger partial charge in [0.05, 0.1) is 19.4 Å². The van der Waals surface area contributed by atoms with E-state index in [9.17, 15) is 22.8 Å². The number of hydrogen-bond donors (Lipinski definition) is 0. The van der Waals surface area contributed by atoms with E-state index in [4.69, 9.17) is 30.5 Å². The molecule has 204 valence electrons. The minimum atomic E-state index is -4.56. The molecule has 0 bridgehead atoms. The number of rotatable bonds is 8. The van der Waals surface area contributed by atoms with E-state index >= 15 is 0 Å². The normalized spacial score (nSPS) is 17.2. The predicted molar refractivity (Wildman–Crippen MR) is 132 cm³/mol. The summed E-state index contributed by atoms with van der Waals surface area (Å²) >= 11 is 6.11. The molecule has 3 rings (SSSR count). The van der Waals surface area contributed by atoms with E-state index in [1.54, 1.807) is 20.8 Å². The van der Waals surface area contributed by atoms with Gasteiger partial charge in [-0.3, -0.25) is 9.36 Å². The third kappa shape index (κ3) is 8.13. The molecule has 1 aromatic heterocycles. The molecule has 0 N–H and O–H groups in total. The van der Waals surface area contributed by atoms with E-state index in [-0.39, 0.29) is 40.2 Å². The molecule has 0 radical (unpaired) electrons. The highest BCUT2D eigenvalue weighted by molar-refractivity contribution is 6.31. The lowest BCUT2D eigenvalue weighted by molar-refractivity contribution is -0.161. The van der Waals surface area contributed by atoms with Crippen molar-refractivity contribution in [1.29, 1.82) is 0 Å². The Kier molecular flexibility index (Phi) is 9.18. The molecule has 2 heterocycles. The Morgan fingerprint density at radius 1 is 1.16 bits per heavy atom. The summed E-state index contributed by atoms with van der Waals surface area (Å²) in [5.74, 6) is -0.594. The van der Waals surface area contributed by atoms with Gasteiger partial charge in [-0.25, -0.2) is 4.79 Å². The van der Waals surface area contributed by atoms with Crippen molar-refractivity contribution in [3.63, 3.8) is 0 Å². The maximum atomic E-state index is 13.4. The summed E-state index contributed by atoms with van der Waals surface area (Å²) in [5.41, 5.74) is -1.06. The first-order chi connectivity index (χ1) is 17.3. The minimum Gasteiger partial charge on any atom is -0.495 e. The highest BCUT2D eigenvalue weighted by Gasteiger charge is 2.32. The standard InChI is InChI=1S/C26H31ClF3NO6/c1-25(2,3)37-24(33)20(12-17-7-5-6-10-35-17)31-14-22(34-4)19(13-23(31)32)18-11-16(27)8-9-21(18)36-15-26(28,29)30/h8-9,11,13-14,17,20H,5-7,10,12,15H2,1-4H3/t17-,20?/m0/s1. The van der Waals surface area contributed by atoms with Crippen LogP contribution in [0.4, 0.5) is 13.2 Å². The molecule has 0 spiro atoms. The van der Waals surface area contributed by atoms with Crippen LogP contribution in [-0.2, 0) is 14.3 Å². The topological polar surface area (TPSA) is 76.0 Å². The monoisotopic (exact) mass is 545 g/mol. The third-order valence-electron chi connectivity index (χ3n) is 5.66. The van der Waals surface area contributed by atoms with Gasteiger partial charge in [0.2, 0.25) is 0 Å². The zero-order valence-electron chi connectivity index (χ0n) is 21.2. The van der Waals surface area contributed by atoms with Crippen LogP contribution in [0.3, 0.4) is 0 Å². The molecule has 1 saturated heterocycles. The van der Waals surface area contributed by atoms with Gasteiger partial charge in [-0.15, -0.1) is 0 Å².